The topological polar surface area (TPSA) is 52.3 Å². The van der Waals surface area contributed by atoms with Crippen LogP contribution in [0, 0.1) is 0 Å². The molecular weight excluding hydrogens is 209 g/mol. The summed E-state index contributed by atoms with van der Waals surface area (Å²) in [6, 6.07) is 4.92. The first kappa shape index (κ1) is 12.6. The maximum absolute atomic E-state index is 13.5. The molecule has 2 N–H and O–H groups in total. The first-order valence-electron chi connectivity index (χ1n) is 5.16. The summed E-state index contributed by atoms with van der Waals surface area (Å²) < 4.78 is 18.5. The van der Waals surface area contributed by atoms with Gasteiger partial charge in [0.1, 0.15) is 11.9 Å². The highest BCUT2D eigenvalue weighted by Crippen LogP contribution is 2.31. The molecule has 0 saturated carbocycles. The molecule has 0 aromatic heterocycles. The molecule has 0 spiro atoms. The third-order valence-corrected chi connectivity index (χ3v) is 2.36. The molecule has 1 aromatic carbocycles. The van der Waals surface area contributed by atoms with Crippen LogP contribution in [0.15, 0.2) is 18.2 Å². The summed E-state index contributed by atoms with van der Waals surface area (Å²) in [5.74, 6) is 0.249. The summed E-state index contributed by atoms with van der Waals surface area (Å²) in [5, 5.41) is 0. The lowest BCUT2D eigenvalue weighted by molar-refractivity contribution is 0.0982. The van der Waals surface area contributed by atoms with Gasteiger partial charge in [0.05, 0.1) is 7.11 Å². The van der Waals surface area contributed by atoms with E-state index in [4.69, 9.17) is 10.5 Å². The van der Waals surface area contributed by atoms with Crippen LogP contribution >= 0.6 is 0 Å². The van der Waals surface area contributed by atoms with E-state index in [2.05, 4.69) is 0 Å². The molecule has 0 aliphatic heterocycles. The number of carbonyl (C=O) groups is 1. The van der Waals surface area contributed by atoms with E-state index in [0.717, 1.165) is 0 Å². The second kappa shape index (κ2) is 5.61. The molecular formula is C12H16FNO2. The second-order valence-electron chi connectivity index (χ2n) is 3.50. The summed E-state index contributed by atoms with van der Waals surface area (Å²) in [6.07, 6.45) is -1.03. The standard InChI is InChI=1S/C12H16FNO2/c1-8(13)12-9(10(15)6-7-14)4-3-5-11(12)16-2/h3-5,8H,6-7,14H2,1-2H3. The van der Waals surface area contributed by atoms with E-state index in [1.54, 1.807) is 18.2 Å². The lowest BCUT2D eigenvalue weighted by Crippen LogP contribution is -2.11. The van der Waals surface area contributed by atoms with Gasteiger partial charge in [-0.3, -0.25) is 4.79 Å². The smallest absolute Gasteiger partial charge is 0.164 e. The average Bonchev–Trinajstić information content (AvgIpc) is 2.28. The number of nitrogens with two attached hydrogens (primary N) is 1. The molecule has 1 rings (SSSR count). The van der Waals surface area contributed by atoms with Crippen molar-refractivity contribution in [2.24, 2.45) is 5.73 Å². The number of rotatable bonds is 5. The molecule has 16 heavy (non-hydrogen) atoms. The summed E-state index contributed by atoms with van der Waals surface area (Å²) in [4.78, 5) is 11.7. The Kier molecular flexibility index (Phi) is 4.43. The third kappa shape index (κ3) is 2.58. The Bertz CT molecular complexity index is 377. The fourth-order valence-electron chi connectivity index (χ4n) is 1.64. The SMILES string of the molecule is COc1cccc(C(=O)CCN)c1C(C)F. The van der Waals surface area contributed by atoms with E-state index in [1.165, 1.54) is 14.0 Å². The number of benzene rings is 1. The Labute approximate surface area is 94.4 Å². The maximum atomic E-state index is 13.5. The van der Waals surface area contributed by atoms with E-state index >= 15 is 0 Å². The Morgan fingerprint density at radius 2 is 2.25 bits per heavy atom. The molecule has 1 aromatic rings. The molecule has 1 unspecified atom stereocenters. The molecule has 1 atom stereocenters. The van der Waals surface area contributed by atoms with Crippen molar-refractivity contribution in [1.82, 2.24) is 0 Å². The minimum absolute atomic E-state index is 0.152. The van der Waals surface area contributed by atoms with E-state index in [-0.39, 0.29) is 18.7 Å². The van der Waals surface area contributed by atoms with E-state index in [0.29, 0.717) is 16.9 Å². The van der Waals surface area contributed by atoms with Crippen LogP contribution in [0.25, 0.3) is 0 Å². The quantitative estimate of drug-likeness (QED) is 0.782. The predicted molar refractivity (Wildman–Crippen MR) is 60.5 cm³/mol. The molecule has 4 heteroatoms. The van der Waals surface area contributed by atoms with Gasteiger partial charge in [-0.1, -0.05) is 12.1 Å². The first-order chi connectivity index (χ1) is 7.61. The summed E-state index contributed by atoms with van der Waals surface area (Å²) >= 11 is 0. The van der Waals surface area contributed by atoms with Gasteiger partial charge in [-0.15, -0.1) is 0 Å². The van der Waals surface area contributed by atoms with Crippen LogP contribution in [-0.4, -0.2) is 19.4 Å². The van der Waals surface area contributed by atoms with Crippen LogP contribution in [0.5, 0.6) is 5.75 Å². The average molecular weight is 225 g/mol. The molecule has 0 radical (unpaired) electrons. The molecule has 0 heterocycles. The third-order valence-electron chi connectivity index (χ3n) is 2.36. The van der Waals surface area contributed by atoms with Crippen molar-refractivity contribution >= 4 is 5.78 Å². The van der Waals surface area contributed by atoms with Gasteiger partial charge in [-0.05, 0) is 19.5 Å². The summed E-state index contributed by atoms with van der Waals surface area (Å²) in [5.41, 5.74) is 5.99. The van der Waals surface area contributed by atoms with Gasteiger partial charge in [0.25, 0.3) is 0 Å². The number of alkyl halides is 1. The number of hydrogen-bond donors (Lipinski definition) is 1. The van der Waals surface area contributed by atoms with Gasteiger partial charge in [0.15, 0.2) is 5.78 Å². The molecule has 0 bridgehead atoms. The molecule has 88 valence electrons. The van der Waals surface area contributed by atoms with Crippen LogP contribution < -0.4 is 10.5 Å². The van der Waals surface area contributed by atoms with Crippen LogP contribution in [0.2, 0.25) is 0 Å². The fraction of sp³-hybridized carbons (Fsp3) is 0.417. The minimum Gasteiger partial charge on any atom is -0.496 e. The van der Waals surface area contributed by atoms with Crippen molar-refractivity contribution in [2.45, 2.75) is 19.5 Å². The van der Waals surface area contributed by atoms with Crippen LogP contribution in [0.3, 0.4) is 0 Å². The highest BCUT2D eigenvalue weighted by atomic mass is 19.1. The highest BCUT2D eigenvalue weighted by Gasteiger charge is 2.19. The van der Waals surface area contributed by atoms with Crippen LogP contribution in [-0.2, 0) is 0 Å². The molecule has 3 nitrogen and oxygen atoms in total. The molecule has 0 aliphatic carbocycles. The molecule has 0 amide bonds. The number of methoxy groups -OCH3 is 1. The van der Waals surface area contributed by atoms with E-state index in [9.17, 15) is 9.18 Å². The number of hydrogen-bond acceptors (Lipinski definition) is 3. The summed E-state index contributed by atoms with van der Waals surface area (Å²) in [6.45, 7) is 1.65. The molecule has 0 fully saturated rings. The number of Topliss-reactive ketones (excluding diaryl/α,β-unsaturated/α-hetero) is 1. The lowest BCUT2D eigenvalue weighted by Gasteiger charge is -2.13. The van der Waals surface area contributed by atoms with Crippen molar-refractivity contribution in [1.29, 1.82) is 0 Å². The second-order valence-corrected chi connectivity index (χ2v) is 3.50. The van der Waals surface area contributed by atoms with Gasteiger partial charge in [0.2, 0.25) is 0 Å². The minimum atomic E-state index is -1.24. The van der Waals surface area contributed by atoms with E-state index in [1.807, 2.05) is 0 Å². The van der Waals surface area contributed by atoms with Gasteiger partial charge >= 0.3 is 0 Å². The molecule has 0 aliphatic rings. The van der Waals surface area contributed by atoms with Gasteiger partial charge < -0.3 is 10.5 Å². The van der Waals surface area contributed by atoms with Gasteiger partial charge in [0, 0.05) is 17.5 Å². The summed E-state index contributed by atoms with van der Waals surface area (Å²) in [7, 11) is 1.46. The number of halogens is 1. The molecule has 0 saturated heterocycles. The maximum Gasteiger partial charge on any atom is 0.164 e. The van der Waals surface area contributed by atoms with E-state index < -0.39 is 6.17 Å². The van der Waals surface area contributed by atoms with Gasteiger partial charge in [-0.25, -0.2) is 4.39 Å². The number of ketones is 1. The zero-order valence-corrected chi connectivity index (χ0v) is 9.50. The van der Waals surface area contributed by atoms with Crippen LogP contribution in [0.1, 0.15) is 35.4 Å². The van der Waals surface area contributed by atoms with Gasteiger partial charge in [-0.2, -0.15) is 0 Å². The number of carbonyl (C=O) groups excluding carboxylic acids is 1. The fourth-order valence-corrected chi connectivity index (χ4v) is 1.64. The Morgan fingerprint density at radius 3 is 2.75 bits per heavy atom. The predicted octanol–water partition coefficient (Wildman–Crippen LogP) is 2.26. The zero-order valence-electron chi connectivity index (χ0n) is 9.50. The first-order valence-corrected chi connectivity index (χ1v) is 5.16. The van der Waals surface area contributed by atoms with Crippen molar-refractivity contribution in [3.63, 3.8) is 0 Å². The van der Waals surface area contributed by atoms with Crippen molar-refractivity contribution in [3.05, 3.63) is 29.3 Å². The van der Waals surface area contributed by atoms with Crippen LogP contribution in [0.4, 0.5) is 4.39 Å². The largest absolute Gasteiger partial charge is 0.496 e. The van der Waals surface area contributed by atoms with Crippen molar-refractivity contribution < 1.29 is 13.9 Å². The number of ether oxygens (including phenoxy) is 1. The Balaban J connectivity index is 3.22. The zero-order chi connectivity index (χ0) is 12.1. The normalized spacial score (nSPS) is 12.2. The van der Waals surface area contributed by atoms with Crippen molar-refractivity contribution in [2.75, 3.05) is 13.7 Å². The highest BCUT2D eigenvalue weighted by molar-refractivity contribution is 5.98. The monoisotopic (exact) mass is 225 g/mol. The Hall–Kier alpha value is -1.42. The lowest BCUT2D eigenvalue weighted by atomic mass is 9.98. The Morgan fingerprint density at radius 1 is 1.56 bits per heavy atom. The van der Waals surface area contributed by atoms with Crippen molar-refractivity contribution in [3.8, 4) is 5.75 Å².